The Balaban J connectivity index is 2.28. The highest BCUT2D eigenvalue weighted by molar-refractivity contribution is 7.80. The molecule has 1 aliphatic rings. The quantitative estimate of drug-likeness (QED) is 0.827. The molecule has 0 saturated carbocycles. The Morgan fingerprint density at radius 1 is 1.56 bits per heavy atom. The molecule has 0 amide bonds. The van der Waals surface area contributed by atoms with E-state index in [1.54, 1.807) is 12.1 Å². The van der Waals surface area contributed by atoms with Gasteiger partial charge in [0.25, 0.3) is 0 Å². The van der Waals surface area contributed by atoms with Crippen molar-refractivity contribution in [2.24, 2.45) is 5.73 Å². The van der Waals surface area contributed by atoms with E-state index in [0.717, 1.165) is 19.4 Å². The molecule has 5 heteroatoms. The number of hydrogen-bond donors (Lipinski definition) is 2. The van der Waals surface area contributed by atoms with Crippen molar-refractivity contribution in [3.8, 4) is 0 Å². The smallest absolute Gasteiger partial charge is 0.135 e. The second-order valence-corrected chi connectivity index (χ2v) is 5.31. The van der Waals surface area contributed by atoms with Crippen LogP contribution in [0.4, 0.5) is 10.1 Å². The molecule has 0 radical (unpaired) electrons. The van der Waals surface area contributed by atoms with Gasteiger partial charge in [0.15, 0.2) is 0 Å². The lowest BCUT2D eigenvalue weighted by Crippen LogP contribution is -2.43. The summed E-state index contributed by atoms with van der Waals surface area (Å²) in [6.45, 7) is 3.43. The Morgan fingerprint density at radius 2 is 2.33 bits per heavy atom. The zero-order valence-electron chi connectivity index (χ0n) is 10.3. The van der Waals surface area contributed by atoms with Crippen molar-refractivity contribution in [2.75, 3.05) is 18.5 Å². The molecule has 18 heavy (non-hydrogen) atoms. The van der Waals surface area contributed by atoms with Crippen LogP contribution in [0.3, 0.4) is 0 Å². The molecule has 0 aliphatic carbocycles. The van der Waals surface area contributed by atoms with Crippen LogP contribution in [0.15, 0.2) is 18.2 Å². The normalized spacial score (nSPS) is 23.7. The number of nitrogens with two attached hydrogens (primary N) is 1. The first-order valence-corrected chi connectivity index (χ1v) is 6.37. The maximum atomic E-state index is 13.7. The number of hydrogen-bond acceptors (Lipinski definition) is 3. The molecule has 2 rings (SSSR count). The summed E-state index contributed by atoms with van der Waals surface area (Å²) < 4.78 is 19.2. The SMILES string of the molecule is CC1(Nc2cccc(F)c2C(N)=S)CCCOC1. The molecule has 1 saturated heterocycles. The fourth-order valence-corrected chi connectivity index (χ4v) is 2.44. The molecule has 3 N–H and O–H groups in total. The van der Waals surface area contributed by atoms with E-state index >= 15 is 0 Å². The van der Waals surface area contributed by atoms with Crippen LogP contribution in [-0.2, 0) is 4.74 Å². The molecule has 1 heterocycles. The molecule has 0 spiro atoms. The molecule has 0 bridgehead atoms. The van der Waals surface area contributed by atoms with Gasteiger partial charge in [-0.2, -0.15) is 0 Å². The molecule has 0 aromatic heterocycles. The van der Waals surface area contributed by atoms with E-state index in [4.69, 9.17) is 22.7 Å². The van der Waals surface area contributed by atoms with E-state index in [1.807, 2.05) is 0 Å². The van der Waals surface area contributed by atoms with Crippen molar-refractivity contribution in [3.63, 3.8) is 0 Å². The Hall–Kier alpha value is -1.20. The Morgan fingerprint density at radius 3 is 2.94 bits per heavy atom. The minimum atomic E-state index is -0.396. The third-order valence-corrected chi connectivity index (χ3v) is 3.34. The van der Waals surface area contributed by atoms with Gasteiger partial charge < -0.3 is 15.8 Å². The van der Waals surface area contributed by atoms with E-state index in [0.29, 0.717) is 12.3 Å². The topological polar surface area (TPSA) is 47.3 Å². The molecular weight excluding hydrogens is 251 g/mol. The number of nitrogens with one attached hydrogen (secondary N) is 1. The standard InChI is InChI=1S/C13H17FN2OS/c1-13(6-3-7-17-8-13)16-10-5-2-4-9(14)11(10)12(15)18/h2,4-5,16H,3,6-8H2,1H3,(H2,15,18). The average Bonchev–Trinajstić information content (AvgIpc) is 2.28. The van der Waals surface area contributed by atoms with Crippen LogP contribution in [0.5, 0.6) is 0 Å². The van der Waals surface area contributed by atoms with Crippen LogP contribution in [0, 0.1) is 5.82 Å². The van der Waals surface area contributed by atoms with Crippen molar-refractivity contribution in [1.82, 2.24) is 0 Å². The number of thiocarbonyl (C=S) groups is 1. The Bertz CT molecular complexity index is 458. The van der Waals surface area contributed by atoms with E-state index in [-0.39, 0.29) is 16.1 Å². The van der Waals surface area contributed by atoms with E-state index in [9.17, 15) is 4.39 Å². The molecule has 1 aromatic rings. The number of rotatable bonds is 3. The largest absolute Gasteiger partial charge is 0.389 e. The average molecular weight is 268 g/mol. The summed E-state index contributed by atoms with van der Waals surface area (Å²) in [5.74, 6) is -0.396. The zero-order chi connectivity index (χ0) is 13.2. The molecule has 3 nitrogen and oxygen atoms in total. The monoisotopic (exact) mass is 268 g/mol. The van der Waals surface area contributed by atoms with Crippen molar-refractivity contribution in [1.29, 1.82) is 0 Å². The van der Waals surface area contributed by atoms with Gasteiger partial charge in [0.2, 0.25) is 0 Å². The van der Waals surface area contributed by atoms with Crippen molar-refractivity contribution in [3.05, 3.63) is 29.6 Å². The van der Waals surface area contributed by atoms with Crippen molar-refractivity contribution in [2.45, 2.75) is 25.3 Å². The lowest BCUT2D eigenvalue weighted by molar-refractivity contribution is 0.0540. The molecular formula is C13H17FN2OS. The first kappa shape index (κ1) is 13.2. The lowest BCUT2D eigenvalue weighted by atomic mass is 9.94. The third kappa shape index (κ3) is 2.79. The predicted molar refractivity (Wildman–Crippen MR) is 74.4 cm³/mol. The molecule has 1 aliphatic heterocycles. The highest BCUT2D eigenvalue weighted by atomic mass is 32.1. The van der Waals surface area contributed by atoms with Crippen molar-refractivity contribution >= 4 is 22.9 Å². The van der Waals surface area contributed by atoms with Gasteiger partial charge in [-0.25, -0.2) is 4.39 Å². The summed E-state index contributed by atoms with van der Waals surface area (Å²) in [6.07, 6.45) is 1.96. The molecule has 1 unspecified atom stereocenters. The first-order valence-electron chi connectivity index (χ1n) is 5.96. The number of benzene rings is 1. The summed E-state index contributed by atoms with van der Waals surface area (Å²) in [5.41, 5.74) is 6.29. The second-order valence-electron chi connectivity index (χ2n) is 4.87. The van der Waals surface area contributed by atoms with E-state index < -0.39 is 5.82 Å². The molecule has 98 valence electrons. The number of halogens is 1. The highest BCUT2D eigenvalue weighted by Crippen LogP contribution is 2.27. The third-order valence-electron chi connectivity index (χ3n) is 3.13. The molecule has 1 atom stereocenters. The Kier molecular flexibility index (Phi) is 3.82. The van der Waals surface area contributed by atoms with Crippen LogP contribution in [0.2, 0.25) is 0 Å². The highest BCUT2D eigenvalue weighted by Gasteiger charge is 2.28. The van der Waals surface area contributed by atoms with Crippen LogP contribution < -0.4 is 11.1 Å². The molecule has 1 fully saturated rings. The van der Waals surface area contributed by atoms with Gasteiger partial charge >= 0.3 is 0 Å². The van der Waals surface area contributed by atoms with Crippen LogP contribution in [0.1, 0.15) is 25.3 Å². The van der Waals surface area contributed by atoms with Gasteiger partial charge in [0, 0.05) is 12.3 Å². The second kappa shape index (κ2) is 5.20. The maximum Gasteiger partial charge on any atom is 0.135 e. The fourth-order valence-electron chi connectivity index (χ4n) is 2.24. The van der Waals surface area contributed by atoms with Gasteiger partial charge in [-0.1, -0.05) is 18.3 Å². The number of anilines is 1. The maximum absolute atomic E-state index is 13.7. The van der Waals surface area contributed by atoms with Crippen LogP contribution >= 0.6 is 12.2 Å². The fraction of sp³-hybridized carbons (Fsp3) is 0.462. The van der Waals surface area contributed by atoms with Crippen molar-refractivity contribution < 1.29 is 9.13 Å². The first-order chi connectivity index (χ1) is 8.52. The summed E-state index contributed by atoms with van der Waals surface area (Å²) in [6, 6.07) is 4.79. The minimum absolute atomic E-state index is 0.0657. The number of ether oxygens (including phenoxy) is 1. The van der Waals surface area contributed by atoms with Crippen LogP contribution in [0.25, 0.3) is 0 Å². The minimum Gasteiger partial charge on any atom is -0.389 e. The Labute approximate surface area is 112 Å². The summed E-state index contributed by atoms with van der Waals surface area (Å²) in [5, 5.41) is 3.32. The van der Waals surface area contributed by atoms with Gasteiger partial charge in [0.05, 0.1) is 17.7 Å². The predicted octanol–water partition coefficient (Wildman–Crippen LogP) is 2.44. The van der Waals surface area contributed by atoms with Crippen LogP contribution in [-0.4, -0.2) is 23.7 Å². The van der Waals surface area contributed by atoms with Gasteiger partial charge in [0.1, 0.15) is 10.8 Å². The summed E-state index contributed by atoms with van der Waals surface area (Å²) in [7, 11) is 0. The van der Waals surface area contributed by atoms with Gasteiger partial charge in [-0.15, -0.1) is 0 Å². The zero-order valence-corrected chi connectivity index (χ0v) is 11.1. The van der Waals surface area contributed by atoms with Gasteiger partial charge in [-0.05, 0) is 31.9 Å². The van der Waals surface area contributed by atoms with Gasteiger partial charge in [-0.3, -0.25) is 0 Å². The summed E-state index contributed by atoms with van der Waals surface area (Å²) in [4.78, 5) is 0.0657. The summed E-state index contributed by atoms with van der Waals surface area (Å²) >= 11 is 4.91. The van der Waals surface area contributed by atoms with E-state index in [1.165, 1.54) is 6.07 Å². The van der Waals surface area contributed by atoms with E-state index in [2.05, 4.69) is 12.2 Å². The lowest BCUT2D eigenvalue weighted by Gasteiger charge is -2.35. The molecule has 1 aromatic carbocycles.